The molecule has 2 N–H and O–H groups in total. The van der Waals surface area contributed by atoms with Gasteiger partial charge < -0.3 is 10.2 Å². The average Bonchev–Trinajstić information content (AvgIpc) is 2.11. The fraction of sp³-hybridized carbons (Fsp3) is 1.00. The molecule has 0 rings (SSSR count). The molecule has 0 saturated carbocycles. The van der Waals surface area contributed by atoms with Crippen molar-refractivity contribution in [3.05, 3.63) is 0 Å². The lowest BCUT2D eigenvalue weighted by molar-refractivity contribution is -0.152. The second-order valence-electron chi connectivity index (χ2n) is 3.48. The van der Waals surface area contributed by atoms with Gasteiger partial charge in [-0.25, -0.2) is 0 Å². The Hall–Kier alpha value is -0.290. The van der Waals surface area contributed by atoms with E-state index in [4.69, 9.17) is 0 Å². The van der Waals surface area contributed by atoms with Crippen molar-refractivity contribution in [1.82, 2.24) is 0 Å². The Morgan fingerprint density at radius 3 is 1.86 bits per heavy atom. The normalized spacial score (nSPS) is 15.6. The van der Waals surface area contributed by atoms with Crippen LogP contribution in [-0.4, -0.2) is 28.1 Å². The highest BCUT2D eigenvalue weighted by molar-refractivity contribution is 4.84. The van der Waals surface area contributed by atoms with E-state index >= 15 is 0 Å². The maximum absolute atomic E-state index is 11.8. The van der Waals surface area contributed by atoms with E-state index in [1.165, 1.54) is 0 Å². The number of halogens is 3. The van der Waals surface area contributed by atoms with Crippen LogP contribution in [0.3, 0.4) is 0 Å². The van der Waals surface area contributed by atoms with E-state index in [1.54, 1.807) is 13.8 Å². The first kappa shape index (κ1) is 13.7. The predicted molar refractivity (Wildman–Crippen MR) is 46.8 cm³/mol. The van der Waals surface area contributed by atoms with Crippen LogP contribution in [0.1, 0.15) is 39.5 Å². The van der Waals surface area contributed by atoms with E-state index in [0.717, 1.165) is 0 Å². The van der Waals surface area contributed by atoms with Crippen LogP contribution in [0, 0.1) is 0 Å². The standard InChI is InChI=1S/C9H17F3O2/c1-3-8(14,4-2)7(13)5-6-9(10,11)12/h7,13-14H,3-6H2,1-2H3. The molecular formula is C9H17F3O2. The van der Waals surface area contributed by atoms with Gasteiger partial charge in [-0.2, -0.15) is 13.2 Å². The molecule has 0 amide bonds. The first-order valence-electron chi connectivity index (χ1n) is 4.72. The zero-order valence-corrected chi connectivity index (χ0v) is 8.43. The SMILES string of the molecule is CCC(O)(CC)C(O)CCC(F)(F)F. The molecule has 0 heterocycles. The lowest BCUT2D eigenvalue weighted by Gasteiger charge is -2.31. The zero-order chi connectivity index (χ0) is 11.4. The molecule has 1 unspecified atom stereocenters. The van der Waals surface area contributed by atoms with Gasteiger partial charge in [0.25, 0.3) is 0 Å². The Morgan fingerprint density at radius 2 is 1.57 bits per heavy atom. The minimum absolute atomic E-state index is 0.253. The van der Waals surface area contributed by atoms with Gasteiger partial charge in [0.15, 0.2) is 0 Å². The van der Waals surface area contributed by atoms with Crippen molar-refractivity contribution in [2.45, 2.75) is 57.4 Å². The summed E-state index contributed by atoms with van der Waals surface area (Å²) < 4.78 is 35.5. The van der Waals surface area contributed by atoms with Gasteiger partial charge in [-0.05, 0) is 19.3 Å². The number of hydrogen-bond donors (Lipinski definition) is 2. The van der Waals surface area contributed by atoms with Crippen molar-refractivity contribution in [2.24, 2.45) is 0 Å². The molecule has 0 saturated heterocycles. The summed E-state index contributed by atoms with van der Waals surface area (Å²) in [4.78, 5) is 0. The molecule has 5 heteroatoms. The van der Waals surface area contributed by atoms with Gasteiger partial charge in [-0.1, -0.05) is 13.8 Å². The van der Waals surface area contributed by atoms with Crippen molar-refractivity contribution in [1.29, 1.82) is 0 Å². The number of rotatable bonds is 5. The summed E-state index contributed by atoms with van der Waals surface area (Å²) in [6.07, 6.45) is -6.58. The molecule has 86 valence electrons. The Labute approximate surface area is 81.7 Å². The molecule has 0 bridgehead atoms. The zero-order valence-electron chi connectivity index (χ0n) is 8.43. The van der Waals surface area contributed by atoms with E-state index in [-0.39, 0.29) is 12.8 Å². The third-order valence-electron chi connectivity index (χ3n) is 2.55. The fourth-order valence-electron chi connectivity index (χ4n) is 1.29. The van der Waals surface area contributed by atoms with Crippen LogP contribution >= 0.6 is 0 Å². The van der Waals surface area contributed by atoms with Crippen molar-refractivity contribution >= 4 is 0 Å². The molecule has 1 atom stereocenters. The molecule has 0 aliphatic carbocycles. The van der Waals surface area contributed by atoms with Gasteiger partial charge in [0.2, 0.25) is 0 Å². The quantitative estimate of drug-likeness (QED) is 0.736. The van der Waals surface area contributed by atoms with Gasteiger partial charge in [0.05, 0.1) is 11.7 Å². The van der Waals surface area contributed by atoms with Gasteiger partial charge in [0, 0.05) is 6.42 Å². The topological polar surface area (TPSA) is 40.5 Å². The third-order valence-corrected chi connectivity index (χ3v) is 2.55. The molecule has 0 radical (unpaired) electrons. The maximum atomic E-state index is 11.8. The summed E-state index contributed by atoms with van der Waals surface area (Å²) in [6.45, 7) is 3.28. The van der Waals surface area contributed by atoms with E-state index < -0.39 is 30.7 Å². The summed E-state index contributed by atoms with van der Waals surface area (Å²) in [5, 5.41) is 19.1. The number of aliphatic hydroxyl groups excluding tert-OH is 1. The Kier molecular flexibility index (Phi) is 4.88. The highest BCUT2D eigenvalue weighted by Crippen LogP contribution is 2.28. The summed E-state index contributed by atoms with van der Waals surface area (Å²) in [5.41, 5.74) is -1.38. The molecule has 0 spiro atoms. The molecule has 2 nitrogen and oxygen atoms in total. The van der Waals surface area contributed by atoms with Crippen molar-refractivity contribution < 1.29 is 23.4 Å². The van der Waals surface area contributed by atoms with E-state index in [1.807, 2.05) is 0 Å². The van der Waals surface area contributed by atoms with Crippen LogP contribution in [0.5, 0.6) is 0 Å². The summed E-state index contributed by atoms with van der Waals surface area (Å²) in [6, 6.07) is 0. The van der Waals surface area contributed by atoms with Gasteiger partial charge in [-0.15, -0.1) is 0 Å². The predicted octanol–water partition coefficient (Wildman–Crippen LogP) is 2.24. The van der Waals surface area contributed by atoms with Crippen molar-refractivity contribution in [2.75, 3.05) is 0 Å². The smallest absolute Gasteiger partial charge is 0.389 e. The Balaban J connectivity index is 4.12. The molecule has 0 aliphatic heterocycles. The van der Waals surface area contributed by atoms with Crippen LogP contribution in [0.15, 0.2) is 0 Å². The van der Waals surface area contributed by atoms with Crippen LogP contribution in [0.25, 0.3) is 0 Å². The van der Waals surface area contributed by atoms with Crippen LogP contribution < -0.4 is 0 Å². The highest BCUT2D eigenvalue weighted by atomic mass is 19.4. The largest absolute Gasteiger partial charge is 0.390 e. The average molecular weight is 214 g/mol. The van der Waals surface area contributed by atoms with Gasteiger partial charge >= 0.3 is 6.18 Å². The lowest BCUT2D eigenvalue weighted by atomic mass is 9.88. The van der Waals surface area contributed by atoms with E-state index in [2.05, 4.69) is 0 Å². The minimum atomic E-state index is -4.27. The number of hydrogen-bond acceptors (Lipinski definition) is 2. The maximum Gasteiger partial charge on any atom is 0.389 e. The summed E-state index contributed by atoms with van der Waals surface area (Å²) in [7, 11) is 0. The first-order valence-corrected chi connectivity index (χ1v) is 4.72. The molecule has 0 aromatic carbocycles. The first-order chi connectivity index (χ1) is 6.25. The molecule has 0 aromatic rings. The van der Waals surface area contributed by atoms with E-state index in [0.29, 0.717) is 0 Å². The summed E-state index contributed by atoms with van der Waals surface area (Å²) >= 11 is 0. The number of aliphatic hydroxyl groups is 2. The third kappa shape index (κ3) is 4.28. The van der Waals surface area contributed by atoms with E-state index in [9.17, 15) is 23.4 Å². The summed E-state index contributed by atoms with van der Waals surface area (Å²) in [5.74, 6) is 0. The molecule has 0 aliphatic rings. The van der Waals surface area contributed by atoms with Crippen molar-refractivity contribution in [3.63, 3.8) is 0 Å². The van der Waals surface area contributed by atoms with Crippen molar-refractivity contribution in [3.8, 4) is 0 Å². The number of alkyl halides is 3. The monoisotopic (exact) mass is 214 g/mol. The van der Waals surface area contributed by atoms with Gasteiger partial charge in [-0.3, -0.25) is 0 Å². The van der Waals surface area contributed by atoms with Crippen LogP contribution in [-0.2, 0) is 0 Å². The Bertz CT molecular complexity index is 164. The Morgan fingerprint density at radius 1 is 1.14 bits per heavy atom. The highest BCUT2D eigenvalue weighted by Gasteiger charge is 2.35. The second-order valence-corrected chi connectivity index (χ2v) is 3.48. The molecule has 0 fully saturated rings. The van der Waals surface area contributed by atoms with Gasteiger partial charge in [0.1, 0.15) is 0 Å². The van der Waals surface area contributed by atoms with Crippen LogP contribution in [0.4, 0.5) is 13.2 Å². The second kappa shape index (κ2) is 4.98. The van der Waals surface area contributed by atoms with Crippen LogP contribution in [0.2, 0.25) is 0 Å². The molecule has 14 heavy (non-hydrogen) atoms. The lowest BCUT2D eigenvalue weighted by Crippen LogP contribution is -2.41. The minimum Gasteiger partial charge on any atom is -0.390 e. The molecule has 0 aromatic heterocycles. The molecular weight excluding hydrogens is 197 g/mol. The fourth-order valence-corrected chi connectivity index (χ4v) is 1.29.